The zero-order valence-electron chi connectivity index (χ0n) is 34.7. The standard InChI is InChI=1S/C18H24N2O3.C13H16F2N2.C6H14.C3H8.C2H6.CH2O2/c1-11-18(9-22-10-18)23-5-4-20(11)16-6-13(8-19-17(16)21)15-7-14(15)12-2-3-12;1-4-9(2)8-12(11-6-5-7-16-11)17-10(3)13(14)15;1-3-5-6-4-2;1-3-2;1-2;2-1-3/h6,8,11-12,14-15H,2-5,7,9-10H2,1H3,(H,19,21);4-8,13,16H,1-3H3;3-6H2,1-2H3;3H2,1-2H3;1-2H3;1H,(H,2,3)/b;9-4+,12-8-,17-10?;;;;. The molecule has 0 amide bonds. The Bertz CT molecular complexity index is 1460. The van der Waals surface area contributed by atoms with Gasteiger partial charge in [0.2, 0.25) is 0 Å². The lowest BCUT2D eigenvalue weighted by Crippen LogP contribution is -2.68. The molecule has 1 spiro atoms. The number of ether oxygens (including phenoxy) is 2. The number of hydrogen-bond acceptors (Lipinski definition) is 6. The Kier molecular flexibility index (Phi) is 23.6. The molecule has 306 valence electrons. The van der Waals surface area contributed by atoms with Crippen LogP contribution in [0.5, 0.6) is 0 Å². The summed E-state index contributed by atoms with van der Waals surface area (Å²) in [6.45, 7) is 22.4. The van der Waals surface area contributed by atoms with Gasteiger partial charge in [0.25, 0.3) is 18.5 Å². The molecule has 0 radical (unpaired) electrons. The SMILES string of the molecule is C/C=C(C)/C=C(\N=C(C)C(F)F)c1ccc[nH]1.CC.CC1N(c2cc(C3CC3C3CC3)c[nH]c2=O)CCOC12COC2.CCC.CCCCCC.O=CO. The van der Waals surface area contributed by atoms with Crippen LogP contribution >= 0.6 is 0 Å². The number of pyridine rings is 1. The molecule has 2 aromatic rings. The third-order valence-corrected chi connectivity index (χ3v) is 9.62. The number of morpholine rings is 1. The highest BCUT2D eigenvalue weighted by molar-refractivity contribution is 5.90. The lowest BCUT2D eigenvalue weighted by Gasteiger charge is -2.53. The van der Waals surface area contributed by atoms with E-state index in [0.717, 1.165) is 35.3 Å². The second-order valence-corrected chi connectivity index (χ2v) is 14.0. The number of halogens is 2. The first kappa shape index (κ1) is 48.4. The van der Waals surface area contributed by atoms with Gasteiger partial charge >= 0.3 is 0 Å². The second kappa shape index (κ2) is 26.3. The fourth-order valence-corrected chi connectivity index (χ4v) is 6.16. The number of carbonyl (C=O) groups is 1. The molecule has 4 aliphatic rings. The summed E-state index contributed by atoms with van der Waals surface area (Å²) >= 11 is 0. The lowest BCUT2D eigenvalue weighted by molar-refractivity contribution is -0.228. The van der Waals surface area contributed by atoms with E-state index in [1.165, 1.54) is 63.9 Å². The zero-order valence-corrected chi connectivity index (χ0v) is 34.7. The monoisotopic (exact) mass is 761 g/mol. The quantitative estimate of drug-likeness (QED) is 0.0960. The molecule has 11 heteroatoms. The number of allylic oxidation sites excluding steroid dienone is 3. The van der Waals surface area contributed by atoms with Crippen molar-refractivity contribution in [3.8, 4) is 0 Å². The normalized spacial score (nSPS) is 21.2. The number of H-pyrrole nitrogens is 2. The van der Waals surface area contributed by atoms with Crippen LogP contribution in [0.2, 0.25) is 0 Å². The van der Waals surface area contributed by atoms with Crippen LogP contribution in [0.25, 0.3) is 5.70 Å². The first-order valence-electron chi connectivity index (χ1n) is 20.1. The third kappa shape index (κ3) is 15.7. The van der Waals surface area contributed by atoms with Gasteiger partial charge in [0.05, 0.1) is 43.0 Å². The van der Waals surface area contributed by atoms with Gasteiger partial charge < -0.3 is 29.4 Å². The number of nitrogens with zero attached hydrogens (tertiary/aromatic N) is 2. The van der Waals surface area contributed by atoms with E-state index in [9.17, 15) is 13.6 Å². The fraction of sp³-hybridized carbons (Fsp3) is 0.651. The van der Waals surface area contributed by atoms with Crippen molar-refractivity contribution in [2.75, 3.05) is 31.3 Å². The number of aromatic nitrogens is 2. The predicted octanol–water partition coefficient (Wildman–Crippen LogP) is 10.7. The minimum atomic E-state index is -2.53. The number of anilines is 1. The molecule has 3 atom stereocenters. The van der Waals surface area contributed by atoms with Gasteiger partial charge in [0.1, 0.15) is 11.3 Å². The van der Waals surface area contributed by atoms with Crippen LogP contribution in [-0.2, 0) is 14.3 Å². The van der Waals surface area contributed by atoms with Gasteiger partial charge in [-0.3, -0.25) is 9.59 Å². The highest BCUT2D eigenvalue weighted by Crippen LogP contribution is 2.59. The molecule has 2 aromatic heterocycles. The van der Waals surface area contributed by atoms with Crippen LogP contribution in [0.4, 0.5) is 14.5 Å². The summed E-state index contributed by atoms with van der Waals surface area (Å²) in [6, 6.07) is 5.92. The topological polar surface area (TPSA) is 120 Å². The van der Waals surface area contributed by atoms with Crippen molar-refractivity contribution in [2.24, 2.45) is 16.8 Å². The van der Waals surface area contributed by atoms with Gasteiger partial charge in [-0.25, -0.2) is 13.8 Å². The summed E-state index contributed by atoms with van der Waals surface area (Å²) in [5, 5.41) is 6.89. The minimum Gasteiger partial charge on any atom is -0.483 e. The van der Waals surface area contributed by atoms with Gasteiger partial charge in [-0.15, -0.1) is 0 Å². The van der Waals surface area contributed by atoms with E-state index >= 15 is 0 Å². The molecule has 4 heterocycles. The van der Waals surface area contributed by atoms with E-state index in [1.54, 1.807) is 24.4 Å². The van der Waals surface area contributed by atoms with E-state index < -0.39 is 6.43 Å². The summed E-state index contributed by atoms with van der Waals surface area (Å²) in [6.07, 6.45) is 15.7. The largest absolute Gasteiger partial charge is 0.483 e. The zero-order chi connectivity index (χ0) is 40.7. The molecule has 54 heavy (non-hydrogen) atoms. The number of hydrogen-bond donors (Lipinski definition) is 3. The molecule has 9 nitrogen and oxygen atoms in total. The number of carboxylic acid groups (broad SMARTS) is 1. The number of rotatable bonds is 10. The number of aromatic amines is 2. The molecular formula is C43H70F2N4O5. The van der Waals surface area contributed by atoms with Gasteiger partial charge in [-0.1, -0.05) is 85.3 Å². The molecule has 4 fully saturated rings. The molecule has 2 aliphatic heterocycles. The highest BCUT2D eigenvalue weighted by atomic mass is 19.3. The number of aliphatic imine (C=N–C) groups is 1. The van der Waals surface area contributed by atoms with Crippen LogP contribution in [0.1, 0.15) is 138 Å². The molecular weight excluding hydrogens is 690 g/mol. The summed E-state index contributed by atoms with van der Waals surface area (Å²) in [5.74, 6) is 2.48. The molecule has 2 saturated carbocycles. The van der Waals surface area contributed by atoms with Crippen molar-refractivity contribution in [3.05, 3.63) is 69.9 Å². The molecule has 3 unspecified atom stereocenters. The van der Waals surface area contributed by atoms with Crippen LogP contribution < -0.4 is 10.5 Å². The van der Waals surface area contributed by atoms with E-state index in [-0.39, 0.29) is 29.4 Å². The second-order valence-electron chi connectivity index (χ2n) is 14.0. The van der Waals surface area contributed by atoms with Crippen molar-refractivity contribution in [3.63, 3.8) is 0 Å². The van der Waals surface area contributed by atoms with Gasteiger partial charge in [-0.05, 0) is 94.5 Å². The van der Waals surface area contributed by atoms with E-state index in [0.29, 0.717) is 31.4 Å². The van der Waals surface area contributed by atoms with Crippen LogP contribution in [0, 0.1) is 11.8 Å². The maximum atomic E-state index is 12.5. The Morgan fingerprint density at radius 1 is 1.11 bits per heavy atom. The van der Waals surface area contributed by atoms with Crippen molar-refractivity contribution in [2.45, 2.75) is 145 Å². The minimum absolute atomic E-state index is 0.0153. The average molecular weight is 761 g/mol. The third-order valence-electron chi connectivity index (χ3n) is 9.62. The van der Waals surface area contributed by atoms with Crippen molar-refractivity contribution >= 4 is 23.6 Å². The van der Waals surface area contributed by atoms with Crippen molar-refractivity contribution in [1.82, 2.24) is 9.97 Å². The summed E-state index contributed by atoms with van der Waals surface area (Å²) in [7, 11) is 0. The molecule has 2 aliphatic carbocycles. The lowest BCUT2D eigenvalue weighted by atomic mass is 9.90. The first-order chi connectivity index (χ1) is 26.0. The Balaban J connectivity index is 0.000000414. The fourth-order valence-electron chi connectivity index (χ4n) is 6.16. The molecule has 0 aromatic carbocycles. The summed E-state index contributed by atoms with van der Waals surface area (Å²) in [5.41, 5.74) is 3.95. The molecule has 6 rings (SSSR count). The van der Waals surface area contributed by atoms with E-state index in [2.05, 4.69) is 60.5 Å². The number of nitrogens with one attached hydrogen (secondary N) is 2. The highest BCUT2D eigenvalue weighted by Gasteiger charge is 2.51. The molecule has 0 bridgehead atoms. The van der Waals surface area contributed by atoms with Crippen LogP contribution in [0.3, 0.4) is 0 Å². The smallest absolute Gasteiger partial charge is 0.290 e. The predicted molar refractivity (Wildman–Crippen MR) is 220 cm³/mol. The average Bonchev–Trinajstić information content (AvgIpc) is 4.08. The van der Waals surface area contributed by atoms with Crippen LogP contribution in [0.15, 0.2) is 58.1 Å². The Morgan fingerprint density at radius 3 is 2.19 bits per heavy atom. The Morgan fingerprint density at radius 2 is 1.72 bits per heavy atom. The van der Waals surface area contributed by atoms with Crippen molar-refractivity contribution in [1.29, 1.82) is 0 Å². The van der Waals surface area contributed by atoms with Crippen molar-refractivity contribution < 1.29 is 28.2 Å². The van der Waals surface area contributed by atoms with E-state index in [1.807, 2.05) is 40.0 Å². The maximum absolute atomic E-state index is 12.5. The van der Waals surface area contributed by atoms with Crippen LogP contribution in [-0.4, -0.2) is 71.7 Å². The summed E-state index contributed by atoms with van der Waals surface area (Å²) in [4.78, 5) is 32.9. The molecule has 2 saturated heterocycles. The first-order valence-corrected chi connectivity index (χ1v) is 20.1. The Labute approximate surface area is 323 Å². The van der Waals surface area contributed by atoms with Gasteiger partial charge in [-0.2, -0.15) is 0 Å². The van der Waals surface area contributed by atoms with Gasteiger partial charge in [0.15, 0.2) is 0 Å². The van der Waals surface area contributed by atoms with Gasteiger partial charge in [0, 0.05) is 18.9 Å². The Hall–Kier alpha value is -3.57. The van der Waals surface area contributed by atoms with E-state index in [4.69, 9.17) is 19.4 Å². The number of unbranched alkanes of at least 4 members (excludes halogenated alkanes) is 3. The summed E-state index contributed by atoms with van der Waals surface area (Å²) < 4.78 is 36.3. The number of alkyl halides is 2. The maximum Gasteiger partial charge on any atom is 0.290 e. The molecule has 3 N–H and O–H groups in total.